The maximum atomic E-state index is 9.76. The molecule has 2 heterocycles. The number of fused-ring (bicyclic) bond motifs is 1. The molecule has 28 heavy (non-hydrogen) atoms. The number of aryl methyl sites for hydroxylation is 2. The van der Waals surface area contributed by atoms with Crippen molar-refractivity contribution in [2.45, 2.75) is 40.2 Å². The van der Waals surface area contributed by atoms with E-state index in [1.807, 2.05) is 57.0 Å². The number of nitrogens with one attached hydrogen (secondary N) is 1. The zero-order valence-corrected chi connectivity index (χ0v) is 18.4. The molecular formula is C22H28N4OS. The van der Waals surface area contributed by atoms with Gasteiger partial charge < -0.3 is 9.83 Å². The van der Waals surface area contributed by atoms with Crippen LogP contribution in [0.15, 0.2) is 30.3 Å². The number of anilines is 1. The van der Waals surface area contributed by atoms with E-state index in [2.05, 4.69) is 38.8 Å². The van der Waals surface area contributed by atoms with Crippen LogP contribution in [0.5, 0.6) is 0 Å². The summed E-state index contributed by atoms with van der Waals surface area (Å²) in [5.74, 6) is 6.59. The van der Waals surface area contributed by atoms with Crippen LogP contribution in [0.25, 0.3) is 22.0 Å². The van der Waals surface area contributed by atoms with Gasteiger partial charge in [0.2, 0.25) is 0 Å². The van der Waals surface area contributed by atoms with Gasteiger partial charge in [-0.2, -0.15) is 5.10 Å². The Morgan fingerprint density at radius 3 is 2.46 bits per heavy atom. The highest BCUT2D eigenvalue weighted by molar-refractivity contribution is 7.99. The SMILES string of the molecule is CC.CSNc1nn(C)c2c(-c3ccc(C#CC(C)(C)O)nc3C)cccc12. The molecule has 148 valence electrons. The first-order chi connectivity index (χ1) is 13.3. The van der Waals surface area contributed by atoms with Crippen LogP contribution in [0.4, 0.5) is 5.82 Å². The molecule has 2 aromatic heterocycles. The van der Waals surface area contributed by atoms with E-state index in [0.29, 0.717) is 5.69 Å². The van der Waals surface area contributed by atoms with Gasteiger partial charge >= 0.3 is 0 Å². The van der Waals surface area contributed by atoms with Crippen molar-refractivity contribution < 1.29 is 5.11 Å². The minimum Gasteiger partial charge on any atom is -0.378 e. The van der Waals surface area contributed by atoms with Crippen LogP contribution in [0, 0.1) is 18.8 Å². The molecule has 0 aliphatic carbocycles. The molecule has 0 fully saturated rings. The lowest BCUT2D eigenvalue weighted by atomic mass is 10.0. The number of aromatic nitrogens is 3. The lowest BCUT2D eigenvalue weighted by Gasteiger charge is -2.09. The van der Waals surface area contributed by atoms with Crippen LogP contribution in [0.2, 0.25) is 0 Å². The van der Waals surface area contributed by atoms with Crippen molar-refractivity contribution in [2.75, 3.05) is 11.0 Å². The number of aliphatic hydroxyl groups is 1. The van der Waals surface area contributed by atoms with Crippen molar-refractivity contribution in [3.63, 3.8) is 0 Å². The van der Waals surface area contributed by atoms with Gasteiger partial charge in [0.1, 0.15) is 11.3 Å². The fourth-order valence-electron chi connectivity index (χ4n) is 2.86. The number of hydrogen-bond acceptors (Lipinski definition) is 5. The van der Waals surface area contributed by atoms with Crippen molar-refractivity contribution in [2.24, 2.45) is 7.05 Å². The molecule has 0 bridgehead atoms. The Kier molecular flexibility index (Phi) is 7.11. The van der Waals surface area contributed by atoms with Crippen LogP contribution < -0.4 is 4.72 Å². The molecule has 6 heteroatoms. The minimum absolute atomic E-state index is 0.648. The molecule has 3 aromatic rings. The zero-order chi connectivity index (χ0) is 20.9. The summed E-state index contributed by atoms with van der Waals surface area (Å²) in [5.41, 5.74) is 3.69. The van der Waals surface area contributed by atoms with Gasteiger partial charge in [0.25, 0.3) is 0 Å². The molecule has 0 atom stereocenters. The fourth-order valence-corrected chi connectivity index (χ4v) is 3.20. The molecule has 0 aliphatic heterocycles. The van der Waals surface area contributed by atoms with Crippen LogP contribution in [0.1, 0.15) is 39.1 Å². The summed E-state index contributed by atoms with van der Waals surface area (Å²) in [6.07, 6.45) is 1.98. The summed E-state index contributed by atoms with van der Waals surface area (Å²) in [5, 5.41) is 15.4. The summed E-state index contributed by atoms with van der Waals surface area (Å²) >= 11 is 1.52. The summed E-state index contributed by atoms with van der Waals surface area (Å²) in [4.78, 5) is 4.60. The van der Waals surface area contributed by atoms with E-state index >= 15 is 0 Å². The van der Waals surface area contributed by atoms with Gasteiger partial charge in [0.05, 0.1) is 5.52 Å². The number of nitrogens with zero attached hydrogens (tertiary/aromatic N) is 3. The van der Waals surface area contributed by atoms with E-state index in [-0.39, 0.29) is 0 Å². The average Bonchev–Trinajstić information content (AvgIpc) is 2.98. The van der Waals surface area contributed by atoms with E-state index < -0.39 is 5.60 Å². The Morgan fingerprint density at radius 2 is 1.86 bits per heavy atom. The highest BCUT2D eigenvalue weighted by Crippen LogP contribution is 2.33. The zero-order valence-electron chi connectivity index (χ0n) is 17.6. The van der Waals surface area contributed by atoms with Crippen molar-refractivity contribution in [1.82, 2.24) is 14.8 Å². The molecular weight excluding hydrogens is 368 g/mol. The van der Waals surface area contributed by atoms with Crippen molar-refractivity contribution in [3.05, 3.63) is 41.7 Å². The van der Waals surface area contributed by atoms with Gasteiger partial charge in [-0.05, 0) is 44.9 Å². The van der Waals surface area contributed by atoms with E-state index in [4.69, 9.17) is 0 Å². The summed E-state index contributed by atoms with van der Waals surface area (Å²) in [7, 11) is 1.95. The van der Waals surface area contributed by atoms with Gasteiger partial charge in [0, 0.05) is 35.5 Å². The molecule has 0 spiro atoms. The maximum absolute atomic E-state index is 9.76. The predicted molar refractivity (Wildman–Crippen MR) is 120 cm³/mol. The Morgan fingerprint density at radius 1 is 1.14 bits per heavy atom. The average molecular weight is 397 g/mol. The van der Waals surface area contributed by atoms with Crippen LogP contribution in [0.3, 0.4) is 0 Å². The normalized spacial score (nSPS) is 10.7. The van der Waals surface area contributed by atoms with Gasteiger partial charge in [-0.3, -0.25) is 4.68 Å². The Labute approximate surface area is 171 Å². The van der Waals surface area contributed by atoms with E-state index in [9.17, 15) is 5.11 Å². The lowest BCUT2D eigenvalue weighted by molar-refractivity contribution is 0.143. The Bertz CT molecular complexity index is 1020. The summed E-state index contributed by atoms with van der Waals surface area (Å²) < 4.78 is 5.13. The molecule has 0 amide bonds. The first kappa shape index (κ1) is 21.8. The molecule has 0 radical (unpaired) electrons. The largest absolute Gasteiger partial charge is 0.378 e. The standard InChI is InChI=1S/C20H22N4OS.C2H6/c1-13-15(10-9-14(21-13)11-12-20(2,3)25)16-7-6-8-17-18(16)24(4)22-19(17)23-26-5;1-2/h6-10,25H,1-5H3,(H,22,23);1-2H3. The maximum Gasteiger partial charge on any atom is 0.165 e. The van der Waals surface area contributed by atoms with Gasteiger partial charge in [-0.25, -0.2) is 4.98 Å². The second kappa shape index (κ2) is 9.13. The van der Waals surface area contributed by atoms with E-state index in [0.717, 1.165) is 33.5 Å². The lowest BCUT2D eigenvalue weighted by Crippen LogP contribution is -2.14. The fraction of sp³-hybridized carbons (Fsp3) is 0.364. The van der Waals surface area contributed by atoms with Crippen LogP contribution in [-0.2, 0) is 7.05 Å². The Balaban J connectivity index is 0.00000136. The van der Waals surface area contributed by atoms with Gasteiger partial charge in [-0.1, -0.05) is 43.8 Å². The first-order valence-corrected chi connectivity index (χ1v) is 10.5. The molecule has 2 N–H and O–H groups in total. The first-order valence-electron chi connectivity index (χ1n) is 9.28. The highest BCUT2D eigenvalue weighted by Gasteiger charge is 2.15. The number of benzene rings is 1. The third kappa shape index (κ3) is 4.86. The van der Waals surface area contributed by atoms with Gasteiger partial charge in [-0.15, -0.1) is 0 Å². The summed E-state index contributed by atoms with van der Waals surface area (Å²) in [6, 6.07) is 10.1. The van der Waals surface area contributed by atoms with Crippen molar-refractivity contribution >= 4 is 28.7 Å². The monoisotopic (exact) mass is 396 g/mol. The summed E-state index contributed by atoms with van der Waals surface area (Å²) in [6.45, 7) is 9.29. The van der Waals surface area contributed by atoms with E-state index in [1.165, 1.54) is 11.9 Å². The van der Waals surface area contributed by atoms with Crippen LogP contribution >= 0.6 is 11.9 Å². The second-order valence-corrected chi connectivity index (χ2v) is 7.23. The van der Waals surface area contributed by atoms with Crippen LogP contribution in [-0.4, -0.2) is 31.7 Å². The molecule has 3 rings (SSSR count). The molecule has 0 saturated heterocycles. The third-order valence-electron chi connectivity index (χ3n) is 3.94. The minimum atomic E-state index is -1.03. The van der Waals surface area contributed by atoms with Crippen molar-refractivity contribution in [1.29, 1.82) is 0 Å². The highest BCUT2D eigenvalue weighted by atomic mass is 32.2. The number of hydrogen-bond donors (Lipinski definition) is 2. The molecule has 0 unspecified atom stereocenters. The van der Waals surface area contributed by atoms with Crippen molar-refractivity contribution in [3.8, 4) is 23.0 Å². The topological polar surface area (TPSA) is 63.0 Å². The number of pyridine rings is 1. The van der Waals surface area contributed by atoms with E-state index in [1.54, 1.807) is 13.8 Å². The molecule has 1 aromatic carbocycles. The third-order valence-corrected chi connectivity index (χ3v) is 4.33. The van der Waals surface area contributed by atoms with Gasteiger partial charge in [0.15, 0.2) is 5.82 Å². The number of rotatable bonds is 3. The molecule has 5 nitrogen and oxygen atoms in total. The quantitative estimate of drug-likeness (QED) is 0.493. The molecule has 0 saturated carbocycles. The predicted octanol–water partition coefficient (Wildman–Crippen LogP) is 4.78. The Hall–Kier alpha value is -2.49. The molecule has 0 aliphatic rings. The number of para-hydroxylation sites is 1. The smallest absolute Gasteiger partial charge is 0.165 e. The second-order valence-electron chi connectivity index (χ2n) is 6.62.